The average molecular weight is 641 g/mol. The van der Waals surface area contributed by atoms with E-state index >= 15 is 0 Å². The summed E-state index contributed by atoms with van der Waals surface area (Å²) in [4.78, 5) is 14.2. The van der Waals surface area contributed by atoms with Crippen molar-refractivity contribution in [3.05, 3.63) is 65.2 Å². The summed E-state index contributed by atoms with van der Waals surface area (Å²) in [7, 11) is -0.153. The predicted molar refractivity (Wildman–Crippen MR) is 166 cm³/mol. The highest BCUT2D eigenvalue weighted by molar-refractivity contribution is 9.09. The van der Waals surface area contributed by atoms with Crippen LogP contribution in [0.25, 0.3) is 10.8 Å². The minimum Gasteiger partial charge on any atom is -0.461 e. The SMILES string of the molecule is Cc1cc(OS(=O)(=O)c2cccc3c(N(C)C)cccc23)cc2c1[C@H]1CC[C@]3(C)[C@@H](OC(=O)CBr)CC[C@H]3[C@@H]1CC2. The first-order chi connectivity index (χ1) is 19.5. The van der Waals surface area contributed by atoms with Crippen LogP contribution in [0.4, 0.5) is 5.69 Å². The number of ether oxygens (including phenoxy) is 1. The zero-order valence-electron chi connectivity index (χ0n) is 24.2. The number of alkyl halides is 1. The normalized spacial score (nSPS) is 27.0. The van der Waals surface area contributed by atoms with Gasteiger partial charge in [-0.2, -0.15) is 8.42 Å². The Morgan fingerprint density at radius 1 is 1.05 bits per heavy atom. The van der Waals surface area contributed by atoms with Gasteiger partial charge < -0.3 is 13.8 Å². The Labute approximate surface area is 251 Å². The molecule has 3 aliphatic carbocycles. The maximum Gasteiger partial charge on any atom is 0.339 e. The molecule has 0 aromatic heterocycles. The Balaban J connectivity index is 1.28. The van der Waals surface area contributed by atoms with Gasteiger partial charge in [-0.15, -0.1) is 0 Å². The van der Waals surface area contributed by atoms with Crippen molar-refractivity contribution in [2.45, 2.75) is 69.3 Å². The second-order valence-electron chi connectivity index (χ2n) is 12.5. The number of hydrogen-bond acceptors (Lipinski definition) is 6. The number of esters is 1. The maximum absolute atomic E-state index is 13.6. The molecule has 3 aromatic rings. The molecule has 8 heteroatoms. The Bertz CT molecular complexity index is 1620. The highest BCUT2D eigenvalue weighted by Gasteiger charge is 2.56. The molecule has 41 heavy (non-hydrogen) atoms. The number of hydrogen-bond donors (Lipinski definition) is 0. The molecule has 218 valence electrons. The number of benzene rings is 3. The van der Waals surface area contributed by atoms with Crippen LogP contribution in [-0.4, -0.2) is 39.9 Å². The van der Waals surface area contributed by atoms with Gasteiger partial charge in [0.2, 0.25) is 0 Å². The van der Waals surface area contributed by atoms with Crippen LogP contribution in [0.2, 0.25) is 0 Å². The van der Waals surface area contributed by atoms with Crippen molar-refractivity contribution in [1.82, 2.24) is 0 Å². The monoisotopic (exact) mass is 639 g/mol. The van der Waals surface area contributed by atoms with Crippen molar-refractivity contribution in [3.8, 4) is 5.75 Å². The van der Waals surface area contributed by atoms with Gasteiger partial charge in [0.25, 0.3) is 0 Å². The first kappa shape index (κ1) is 28.5. The Morgan fingerprint density at radius 2 is 1.80 bits per heavy atom. The van der Waals surface area contributed by atoms with E-state index in [1.165, 1.54) is 11.1 Å². The number of aryl methyl sites for hydroxylation is 2. The lowest BCUT2D eigenvalue weighted by atomic mass is 9.55. The summed E-state index contributed by atoms with van der Waals surface area (Å²) >= 11 is 3.24. The van der Waals surface area contributed by atoms with Gasteiger partial charge in [-0.3, -0.25) is 4.79 Å². The average Bonchev–Trinajstić information content (AvgIpc) is 3.27. The molecule has 5 atom stereocenters. The molecule has 2 saturated carbocycles. The van der Waals surface area contributed by atoms with Gasteiger partial charge in [0, 0.05) is 36.0 Å². The first-order valence-electron chi connectivity index (χ1n) is 14.6. The standard InChI is InChI=1S/C33H38BrNO5S/c1-20-17-22(40-41(37,38)29-10-6-7-24-25(29)8-5-9-28(24)35(3)4)18-21-11-12-23-26(32(20)21)15-16-33(2)27(23)13-14-30(33)39-31(36)19-34/h5-10,17-18,23,26-27,30H,11-16,19H2,1-4H3/t23-,26+,27+,30+,33+/m1/s1. The van der Waals surface area contributed by atoms with Gasteiger partial charge in [-0.05, 0) is 104 Å². The number of halogens is 1. The Kier molecular flexibility index (Phi) is 7.38. The molecule has 0 aliphatic heterocycles. The van der Waals surface area contributed by atoms with Gasteiger partial charge in [0.05, 0.1) is 0 Å². The van der Waals surface area contributed by atoms with Crippen LogP contribution in [0.1, 0.15) is 61.6 Å². The lowest BCUT2D eigenvalue weighted by Crippen LogP contribution is -2.45. The highest BCUT2D eigenvalue weighted by Crippen LogP contribution is 2.62. The largest absolute Gasteiger partial charge is 0.461 e. The smallest absolute Gasteiger partial charge is 0.339 e. The topological polar surface area (TPSA) is 72.9 Å². The zero-order chi connectivity index (χ0) is 29.1. The van der Waals surface area contributed by atoms with Gasteiger partial charge >= 0.3 is 16.1 Å². The molecule has 0 heterocycles. The number of rotatable bonds is 6. The van der Waals surface area contributed by atoms with Crippen molar-refractivity contribution in [2.75, 3.05) is 24.3 Å². The minimum absolute atomic E-state index is 0.00940. The maximum atomic E-state index is 13.6. The van der Waals surface area contributed by atoms with Crippen molar-refractivity contribution < 1.29 is 22.1 Å². The number of carbonyl (C=O) groups is 1. The van der Waals surface area contributed by atoms with E-state index in [0.29, 0.717) is 28.9 Å². The summed E-state index contributed by atoms with van der Waals surface area (Å²) in [6.07, 6.45) is 6.05. The van der Waals surface area contributed by atoms with Gasteiger partial charge in [0.15, 0.2) is 0 Å². The van der Waals surface area contributed by atoms with Crippen LogP contribution < -0.4 is 9.08 Å². The molecular weight excluding hydrogens is 602 g/mol. The lowest BCUT2D eigenvalue weighted by molar-refractivity contribution is -0.154. The van der Waals surface area contributed by atoms with E-state index in [1.807, 2.05) is 55.4 Å². The molecule has 0 spiro atoms. The summed E-state index contributed by atoms with van der Waals surface area (Å²) in [6, 6.07) is 14.9. The Morgan fingerprint density at radius 3 is 2.56 bits per heavy atom. The van der Waals surface area contributed by atoms with Crippen LogP contribution in [0.3, 0.4) is 0 Å². The van der Waals surface area contributed by atoms with Crippen LogP contribution >= 0.6 is 15.9 Å². The summed E-state index contributed by atoms with van der Waals surface area (Å²) in [5.74, 6) is 1.72. The number of fused-ring (bicyclic) bond motifs is 6. The minimum atomic E-state index is -4.05. The van der Waals surface area contributed by atoms with Crippen LogP contribution in [0.5, 0.6) is 5.75 Å². The molecule has 0 radical (unpaired) electrons. The third kappa shape index (κ3) is 4.85. The van der Waals surface area contributed by atoms with E-state index < -0.39 is 10.1 Å². The highest BCUT2D eigenvalue weighted by atomic mass is 79.9. The third-order valence-corrected chi connectivity index (χ3v) is 11.9. The van der Waals surface area contributed by atoms with Crippen molar-refractivity contribution in [2.24, 2.45) is 17.3 Å². The molecule has 0 bridgehead atoms. The molecule has 6 rings (SSSR count). The van der Waals surface area contributed by atoms with E-state index in [-0.39, 0.29) is 27.7 Å². The quantitative estimate of drug-likeness (QED) is 0.162. The number of nitrogens with zero attached hydrogens (tertiary/aromatic N) is 1. The lowest BCUT2D eigenvalue weighted by Gasteiger charge is -2.50. The fourth-order valence-electron chi connectivity index (χ4n) is 8.37. The molecule has 2 fully saturated rings. The predicted octanol–water partition coefficient (Wildman–Crippen LogP) is 7.14. The summed E-state index contributed by atoms with van der Waals surface area (Å²) in [5, 5.41) is 1.76. The van der Waals surface area contributed by atoms with E-state index in [1.54, 1.807) is 12.1 Å². The second-order valence-corrected chi connectivity index (χ2v) is 14.6. The molecule has 3 aromatic carbocycles. The zero-order valence-corrected chi connectivity index (χ0v) is 26.6. The molecule has 0 saturated heterocycles. The fourth-order valence-corrected chi connectivity index (χ4v) is 9.64. The molecule has 3 aliphatic rings. The van der Waals surface area contributed by atoms with Gasteiger partial charge in [0.1, 0.15) is 22.1 Å². The van der Waals surface area contributed by atoms with E-state index in [9.17, 15) is 13.2 Å². The van der Waals surface area contributed by atoms with Crippen LogP contribution in [0.15, 0.2) is 53.4 Å². The second kappa shape index (κ2) is 10.6. The van der Waals surface area contributed by atoms with Crippen LogP contribution in [-0.2, 0) is 26.1 Å². The number of carbonyl (C=O) groups excluding carboxylic acids is 1. The van der Waals surface area contributed by atoms with Gasteiger partial charge in [-0.25, -0.2) is 0 Å². The summed E-state index contributed by atoms with van der Waals surface area (Å²) < 4.78 is 39.0. The van der Waals surface area contributed by atoms with E-state index in [2.05, 4.69) is 29.8 Å². The van der Waals surface area contributed by atoms with E-state index in [0.717, 1.165) is 55.2 Å². The first-order valence-corrected chi connectivity index (χ1v) is 17.1. The van der Waals surface area contributed by atoms with Crippen molar-refractivity contribution in [3.63, 3.8) is 0 Å². The molecule has 0 unspecified atom stereocenters. The molecule has 0 amide bonds. The summed E-state index contributed by atoms with van der Waals surface area (Å²) in [5.41, 5.74) is 4.64. The molecule has 6 nitrogen and oxygen atoms in total. The fraction of sp³-hybridized carbons (Fsp3) is 0.485. The van der Waals surface area contributed by atoms with Gasteiger partial charge in [-0.1, -0.05) is 47.1 Å². The summed E-state index contributed by atoms with van der Waals surface area (Å²) in [6.45, 7) is 4.41. The molecule has 0 N–H and O–H groups in total. The van der Waals surface area contributed by atoms with Crippen LogP contribution in [0, 0.1) is 24.2 Å². The van der Waals surface area contributed by atoms with Crippen molar-refractivity contribution in [1.29, 1.82) is 0 Å². The van der Waals surface area contributed by atoms with Crippen molar-refractivity contribution >= 4 is 48.5 Å². The van der Waals surface area contributed by atoms with E-state index in [4.69, 9.17) is 8.92 Å². The number of anilines is 1. The molecular formula is C33H38BrNO5S. The Hall–Kier alpha value is -2.58. The third-order valence-electron chi connectivity index (χ3n) is 10.1.